The fraction of sp³-hybridized carbons (Fsp3) is 0. The van der Waals surface area contributed by atoms with Gasteiger partial charge in [-0.3, -0.25) is 0 Å². The van der Waals surface area contributed by atoms with Crippen molar-refractivity contribution in [2.24, 2.45) is 0 Å². The van der Waals surface area contributed by atoms with Gasteiger partial charge in [0.2, 0.25) is 5.89 Å². The Morgan fingerprint density at radius 1 is 0.429 bits per heavy atom. The van der Waals surface area contributed by atoms with Gasteiger partial charge in [-0.1, -0.05) is 115 Å². The number of para-hydroxylation sites is 1. The SMILES string of the molecule is c1ccc(-c2ccccc2N(c2ccc3ccccc3c2)c2ccc3c(c2)oc2cccc(-c4nc5c(ccc6ccccc65)o4)c23)cc1. The predicted molar refractivity (Wildman–Crippen MR) is 202 cm³/mol. The van der Waals surface area contributed by atoms with E-state index in [9.17, 15) is 0 Å². The lowest BCUT2D eigenvalue weighted by atomic mass is 10.0. The van der Waals surface area contributed by atoms with E-state index in [4.69, 9.17) is 13.8 Å². The van der Waals surface area contributed by atoms with E-state index in [0.29, 0.717) is 5.89 Å². The number of rotatable bonds is 5. The fourth-order valence-corrected chi connectivity index (χ4v) is 7.18. The fourth-order valence-electron chi connectivity index (χ4n) is 7.18. The second-order valence-corrected chi connectivity index (χ2v) is 12.4. The van der Waals surface area contributed by atoms with Crippen molar-refractivity contribution in [1.29, 1.82) is 0 Å². The molecule has 4 heteroatoms. The van der Waals surface area contributed by atoms with Crippen LogP contribution in [-0.2, 0) is 0 Å². The summed E-state index contributed by atoms with van der Waals surface area (Å²) in [5.74, 6) is 0.582. The lowest BCUT2D eigenvalue weighted by Gasteiger charge is -2.28. The van der Waals surface area contributed by atoms with E-state index in [1.807, 2.05) is 30.3 Å². The van der Waals surface area contributed by atoms with Gasteiger partial charge in [0.1, 0.15) is 16.7 Å². The Hall–Kier alpha value is -6.65. The number of benzene rings is 8. The molecule has 0 atom stereocenters. The van der Waals surface area contributed by atoms with E-state index in [2.05, 4.69) is 144 Å². The van der Waals surface area contributed by atoms with Crippen molar-refractivity contribution in [3.63, 3.8) is 0 Å². The lowest BCUT2D eigenvalue weighted by Crippen LogP contribution is -2.11. The van der Waals surface area contributed by atoms with Gasteiger partial charge in [-0.05, 0) is 70.3 Å². The zero-order valence-electron chi connectivity index (χ0n) is 26.4. The van der Waals surface area contributed by atoms with Crippen molar-refractivity contribution < 1.29 is 8.83 Å². The monoisotopic (exact) mass is 628 g/mol. The molecule has 2 aromatic heterocycles. The van der Waals surface area contributed by atoms with Crippen LogP contribution in [0, 0.1) is 0 Å². The van der Waals surface area contributed by atoms with Gasteiger partial charge in [0.15, 0.2) is 5.58 Å². The summed E-state index contributed by atoms with van der Waals surface area (Å²) in [5.41, 5.74) is 9.58. The molecule has 0 bridgehead atoms. The molecule has 49 heavy (non-hydrogen) atoms. The molecule has 0 saturated heterocycles. The van der Waals surface area contributed by atoms with E-state index in [0.717, 1.165) is 77.6 Å². The van der Waals surface area contributed by atoms with Gasteiger partial charge in [0, 0.05) is 44.7 Å². The standard InChI is InChI=1S/C45H28N2O2/c1-2-12-30(13-3-1)35-16-8-9-19-39(35)47(33-23-21-29-11-4-5-15-32(29)27-33)34-24-25-37-42(28-34)48-40-20-10-18-38(43(37)40)45-46-44-36-17-7-6-14-31(36)22-26-41(44)49-45/h1-28H. The van der Waals surface area contributed by atoms with Gasteiger partial charge in [0.25, 0.3) is 0 Å². The molecule has 2 heterocycles. The molecule has 0 saturated carbocycles. The van der Waals surface area contributed by atoms with Crippen LogP contribution in [0.5, 0.6) is 0 Å². The molecule has 10 aromatic rings. The van der Waals surface area contributed by atoms with E-state index in [-0.39, 0.29) is 0 Å². The topological polar surface area (TPSA) is 42.4 Å². The summed E-state index contributed by atoms with van der Waals surface area (Å²) < 4.78 is 13.0. The minimum Gasteiger partial charge on any atom is -0.456 e. The quantitative estimate of drug-likeness (QED) is 0.190. The first-order valence-corrected chi connectivity index (χ1v) is 16.5. The molecule has 230 valence electrons. The zero-order chi connectivity index (χ0) is 32.3. The number of furan rings is 1. The Morgan fingerprint density at radius 2 is 1.14 bits per heavy atom. The van der Waals surface area contributed by atoms with Gasteiger partial charge in [-0.25, -0.2) is 4.98 Å². The van der Waals surface area contributed by atoms with Gasteiger partial charge < -0.3 is 13.7 Å². The molecule has 8 aromatic carbocycles. The Morgan fingerprint density at radius 3 is 2.06 bits per heavy atom. The Balaban J connectivity index is 1.17. The van der Waals surface area contributed by atoms with E-state index >= 15 is 0 Å². The highest BCUT2D eigenvalue weighted by molar-refractivity contribution is 6.13. The van der Waals surface area contributed by atoms with Crippen LogP contribution in [0.3, 0.4) is 0 Å². The zero-order valence-corrected chi connectivity index (χ0v) is 26.4. The molecule has 0 unspecified atom stereocenters. The van der Waals surface area contributed by atoms with Crippen molar-refractivity contribution in [1.82, 2.24) is 4.98 Å². The second-order valence-electron chi connectivity index (χ2n) is 12.4. The maximum absolute atomic E-state index is 6.61. The van der Waals surface area contributed by atoms with Gasteiger partial charge in [-0.15, -0.1) is 0 Å². The smallest absolute Gasteiger partial charge is 0.228 e. The lowest BCUT2D eigenvalue weighted by molar-refractivity contribution is 0.620. The van der Waals surface area contributed by atoms with E-state index in [1.54, 1.807) is 0 Å². The number of anilines is 3. The van der Waals surface area contributed by atoms with Crippen LogP contribution < -0.4 is 4.90 Å². The minimum absolute atomic E-state index is 0.582. The first kappa shape index (κ1) is 27.5. The molecule has 4 nitrogen and oxygen atoms in total. The molecule has 0 spiro atoms. The molecular weight excluding hydrogens is 601 g/mol. The summed E-state index contributed by atoms with van der Waals surface area (Å²) in [6.07, 6.45) is 0. The average molecular weight is 629 g/mol. The highest BCUT2D eigenvalue weighted by atomic mass is 16.3. The third kappa shape index (κ3) is 4.49. The first-order valence-electron chi connectivity index (χ1n) is 16.5. The van der Waals surface area contributed by atoms with E-state index < -0.39 is 0 Å². The first-order chi connectivity index (χ1) is 24.3. The average Bonchev–Trinajstić information content (AvgIpc) is 3.77. The number of nitrogens with zero attached hydrogens (tertiary/aromatic N) is 2. The Bertz CT molecular complexity index is 2850. The van der Waals surface area contributed by atoms with Crippen molar-refractivity contribution in [3.8, 4) is 22.6 Å². The molecule has 0 aliphatic heterocycles. The number of aromatic nitrogens is 1. The second kappa shape index (κ2) is 11.0. The third-order valence-electron chi connectivity index (χ3n) is 9.47. The molecule has 0 aliphatic rings. The van der Waals surface area contributed by atoms with Crippen molar-refractivity contribution in [2.45, 2.75) is 0 Å². The maximum Gasteiger partial charge on any atom is 0.228 e. The van der Waals surface area contributed by atoms with E-state index in [1.165, 1.54) is 10.8 Å². The van der Waals surface area contributed by atoms with Crippen molar-refractivity contribution in [2.75, 3.05) is 4.90 Å². The highest BCUT2D eigenvalue weighted by Gasteiger charge is 2.21. The number of fused-ring (bicyclic) bond motifs is 7. The van der Waals surface area contributed by atoms with Crippen LogP contribution in [-0.4, -0.2) is 4.98 Å². The highest BCUT2D eigenvalue weighted by Crippen LogP contribution is 2.44. The van der Waals surface area contributed by atoms with Crippen LogP contribution in [0.15, 0.2) is 179 Å². The van der Waals surface area contributed by atoms with Crippen LogP contribution in [0.2, 0.25) is 0 Å². The van der Waals surface area contributed by atoms with Crippen LogP contribution in [0.4, 0.5) is 17.1 Å². The van der Waals surface area contributed by atoms with Gasteiger partial charge in [0.05, 0.1) is 5.69 Å². The molecule has 0 radical (unpaired) electrons. The van der Waals surface area contributed by atoms with Gasteiger partial charge in [-0.2, -0.15) is 0 Å². The molecule has 0 fully saturated rings. The van der Waals surface area contributed by atoms with Crippen LogP contribution in [0.1, 0.15) is 0 Å². The van der Waals surface area contributed by atoms with Crippen molar-refractivity contribution in [3.05, 3.63) is 170 Å². The Kier molecular flexibility index (Phi) is 6.15. The molecule has 0 aliphatic carbocycles. The summed E-state index contributed by atoms with van der Waals surface area (Å²) in [4.78, 5) is 7.35. The number of hydrogen-bond donors (Lipinski definition) is 0. The van der Waals surface area contributed by atoms with Crippen LogP contribution >= 0.6 is 0 Å². The number of hydrogen-bond acceptors (Lipinski definition) is 4. The maximum atomic E-state index is 6.61. The third-order valence-corrected chi connectivity index (χ3v) is 9.47. The van der Waals surface area contributed by atoms with Gasteiger partial charge >= 0.3 is 0 Å². The summed E-state index contributed by atoms with van der Waals surface area (Å²) in [6, 6.07) is 59.2. The molecule has 0 amide bonds. The normalized spacial score (nSPS) is 11.7. The molecule has 10 rings (SSSR count). The minimum atomic E-state index is 0.582. The summed E-state index contributed by atoms with van der Waals surface area (Å²) in [5, 5.41) is 6.60. The van der Waals surface area contributed by atoms with Crippen molar-refractivity contribution >= 4 is 71.6 Å². The number of oxazole rings is 1. The molecule has 0 N–H and O–H groups in total. The summed E-state index contributed by atoms with van der Waals surface area (Å²) in [7, 11) is 0. The predicted octanol–water partition coefficient (Wildman–Crippen LogP) is 12.8. The Labute approximate surface area is 282 Å². The summed E-state index contributed by atoms with van der Waals surface area (Å²) >= 11 is 0. The van der Waals surface area contributed by atoms with Crippen LogP contribution in [0.25, 0.3) is 77.2 Å². The molecular formula is C45H28N2O2. The largest absolute Gasteiger partial charge is 0.456 e. The summed E-state index contributed by atoms with van der Waals surface area (Å²) in [6.45, 7) is 0.